The standard InChI is InChI=1S/C16H19N3O2/c1-5-14(20)16(17-7-3)18-12-10-8-9-11-13(12)19(4)15(21)6-2/h5-11,18,20H,1-2H2,3-4H3/b16-14-,17-7?. The maximum Gasteiger partial charge on any atom is 0.250 e. The normalized spacial score (nSPS) is 11.7. The molecule has 5 heteroatoms. The first kappa shape index (κ1) is 16.2. The first-order chi connectivity index (χ1) is 10.0. The fraction of sp³-hybridized carbons (Fsp3) is 0.125. The van der Waals surface area contributed by atoms with Gasteiger partial charge in [-0.2, -0.15) is 0 Å². The van der Waals surface area contributed by atoms with Crippen LogP contribution in [0.25, 0.3) is 0 Å². The quantitative estimate of drug-likeness (QED) is 0.365. The van der Waals surface area contributed by atoms with Crippen molar-refractivity contribution in [3.05, 3.63) is 61.2 Å². The Bertz CT molecular complexity index is 603. The highest BCUT2D eigenvalue weighted by molar-refractivity contribution is 6.02. The molecule has 0 fully saturated rings. The summed E-state index contributed by atoms with van der Waals surface area (Å²) in [5.41, 5.74) is 1.27. The van der Waals surface area contributed by atoms with E-state index in [4.69, 9.17) is 0 Å². The van der Waals surface area contributed by atoms with Crippen LogP contribution in [0.3, 0.4) is 0 Å². The van der Waals surface area contributed by atoms with Crippen LogP contribution in [0.15, 0.2) is 66.1 Å². The molecule has 1 amide bonds. The van der Waals surface area contributed by atoms with Crippen molar-refractivity contribution in [1.82, 2.24) is 0 Å². The van der Waals surface area contributed by atoms with Crippen LogP contribution in [-0.2, 0) is 4.79 Å². The second kappa shape index (κ2) is 7.69. The smallest absolute Gasteiger partial charge is 0.250 e. The van der Waals surface area contributed by atoms with Crippen LogP contribution in [0, 0.1) is 0 Å². The van der Waals surface area contributed by atoms with E-state index >= 15 is 0 Å². The zero-order valence-electron chi connectivity index (χ0n) is 12.2. The number of rotatable bonds is 6. The second-order valence-corrected chi connectivity index (χ2v) is 4.07. The molecule has 0 unspecified atom stereocenters. The number of anilines is 2. The summed E-state index contributed by atoms with van der Waals surface area (Å²) in [5, 5.41) is 12.8. The van der Waals surface area contributed by atoms with Gasteiger partial charge in [-0.15, -0.1) is 0 Å². The Hall–Kier alpha value is -2.82. The van der Waals surface area contributed by atoms with Gasteiger partial charge in [0.15, 0.2) is 11.6 Å². The van der Waals surface area contributed by atoms with Crippen LogP contribution in [0.2, 0.25) is 0 Å². The highest BCUT2D eigenvalue weighted by Gasteiger charge is 2.13. The summed E-state index contributed by atoms with van der Waals surface area (Å²) in [6, 6.07) is 7.19. The highest BCUT2D eigenvalue weighted by atomic mass is 16.3. The molecule has 0 heterocycles. The lowest BCUT2D eigenvalue weighted by Gasteiger charge is -2.20. The zero-order valence-corrected chi connectivity index (χ0v) is 12.2. The molecule has 0 radical (unpaired) electrons. The van der Waals surface area contributed by atoms with Gasteiger partial charge in [0.05, 0.1) is 11.4 Å². The predicted octanol–water partition coefficient (Wildman–Crippen LogP) is 3.25. The van der Waals surface area contributed by atoms with Crippen LogP contribution in [0.1, 0.15) is 6.92 Å². The van der Waals surface area contributed by atoms with Gasteiger partial charge >= 0.3 is 0 Å². The van der Waals surface area contributed by atoms with Crippen LogP contribution < -0.4 is 10.2 Å². The molecule has 0 aliphatic carbocycles. The molecule has 0 aliphatic heterocycles. The van der Waals surface area contributed by atoms with E-state index in [1.807, 2.05) is 12.1 Å². The van der Waals surface area contributed by atoms with Crippen molar-refractivity contribution >= 4 is 23.5 Å². The Kier molecular flexibility index (Phi) is 5.95. The molecule has 1 aromatic rings. The number of aliphatic hydroxyl groups excluding tert-OH is 1. The van der Waals surface area contributed by atoms with E-state index in [0.717, 1.165) is 0 Å². The molecule has 0 atom stereocenters. The first-order valence-corrected chi connectivity index (χ1v) is 6.35. The van der Waals surface area contributed by atoms with Crippen LogP contribution >= 0.6 is 0 Å². The third-order valence-corrected chi connectivity index (χ3v) is 2.72. The molecule has 1 aromatic carbocycles. The molecule has 2 N–H and O–H groups in total. The minimum Gasteiger partial charge on any atom is -0.504 e. The maximum atomic E-state index is 11.7. The Morgan fingerprint density at radius 3 is 2.57 bits per heavy atom. The summed E-state index contributed by atoms with van der Waals surface area (Å²) in [6.45, 7) is 8.71. The number of carbonyl (C=O) groups is 1. The van der Waals surface area contributed by atoms with E-state index in [1.165, 1.54) is 17.1 Å². The van der Waals surface area contributed by atoms with Gasteiger partial charge in [-0.3, -0.25) is 4.79 Å². The van der Waals surface area contributed by atoms with Gasteiger partial charge in [-0.05, 0) is 31.2 Å². The van der Waals surface area contributed by atoms with Crippen molar-refractivity contribution in [2.75, 3.05) is 17.3 Å². The van der Waals surface area contributed by atoms with Crippen molar-refractivity contribution in [2.45, 2.75) is 6.92 Å². The van der Waals surface area contributed by atoms with Crippen molar-refractivity contribution in [3.8, 4) is 0 Å². The molecular formula is C16H19N3O2. The molecule has 110 valence electrons. The Labute approximate surface area is 124 Å². The van der Waals surface area contributed by atoms with Gasteiger partial charge in [0.1, 0.15) is 0 Å². The molecule has 0 aliphatic rings. The first-order valence-electron chi connectivity index (χ1n) is 6.35. The summed E-state index contributed by atoms with van der Waals surface area (Å²) in [5.74, 6) is -0.0679. The Morgan fingerprint density at radius 1 is 1.33 bits per heavy atom. The monoisotopic (exact) mass is 285 g/mol. The van der Waals surface area contributed by atoms with Crippen molar-refractivity contribution in [3.63, 3.8) is 0 Å². The number of carbonyl (C=O) groups excluding carboxylic acids is 1. The highest BCUT2D eigenvalue weighted by Crippen LogP contribution is 2.26. The summed E-state index contributed by atoms with van der Waals surface area (Å²) in [4.78, 5) is 17.2. The number of nitrogens with one attached hydrogen (secondary N) is 1. The Morgan fingerprint density at radius 2 is 2.00 bits per heavy atom. The Balaban J connectivity index is 3.23. The SMILES string of the molecule is C=CC(=O)N(C)c1ccccc1N/C(N=CC)=C(\O)C=C. The average molecular weight is 285 g/mol. The largest absolute Gasteiger partial charge is 0.504 e. The second-order valence-electron chi connectivity index (χ2n) is 4.07. The molecule has 0 bridgehead atoms. The average Bonchev–Trinajstić information content (AvgIpc) is 2.52. The van der Waals surface area contributed by atoms with Gasteiger partial charge < -0.3 is 15.3 Å². The number of allylic oxidation sites excluding steroid dienone is 1. The third kappa shape index (κ3) is 4.07. The van der Waals surface area contributed by atoms with E-state index in [1.54, 1.807) is 32.3 Å². The lowest BCUT2D eigenvalue weighted by Crippen LogP contribution is -2.24. The topological polar surface area (TPSA) is 64.9 Å². The minimum absolute atomic E-state index is 0.0828. The van der Waals surface area contributed by atoms with E-state index in [-0.39, 0.29) is 17.5 Å². The van der Waals surface area contributed by atoms with Crippen LogP contribution in [0.5, 0.6) is 0 Å². The number of benzene rings is 1. The van der Waals surface area contributed by atoms with Gasteiger partial charge in [-0.25, -0.2) is 4.99 Å². The fourth-order valence-electron chi connectivity index (χ4n) is 1.64. The number of nitrogens with zero attached hydrogens (tertiary/aromatic N) is 2. The van der Waals surface area contributed by atoms with Gasteiger partial charge in [0.25, 0.3) is 0 Å². The zero-order chi connectivity index (χ0) is 15.8. The summed E-state index contributed by atoms with van der Waals surface area (Å²) in [6.07, 6.45) is 4.07. The van der Waals surface area contributed by atoms with E-state index in [2.05, 4.69) is 23.5 Å². The number of amides is 1. The summed E-state index contributed by atoms with van der Waals surface area (Å²) < 4.78 is 0. The van der Waals surface area contributed by atoms with E-state index in [9.17, 15) is 9.90 Å². The fourth-order valence-corrected chi connectivity index (χ4v) is 1.64. The van der Waals surface area contributed by atoms with Crippen molar-refractivity contribution in [1.29, 1.82) is 0 Å². The number of para-hydroxylation sites is 2. The van der Waals surface area contributed by atoms with Crippen molar-refractivity contribution in [2.24, 2.45) is 4.99 Å². The van der Waals surface area contributed by atoms with Gasteiger partial charge in [-0.1, -0.05) is 25.3 Å². The van der Waals surface area contributed by atoms with E-state index < -0.39 is 0 Å². The van der Waals surface area contributed by atoms with E-state index in [0.29, 0.717) is 11.4 Å². The molecule has 0 saturated heterocycles. The number of likely N-dealkylation sites (N-methyl/N-ethyl adjacent to an activating group) is 1. The summed E-state index contributed by atoms with van der Waals surface area (Å²) in [7, 11) is 1.64. The van der Waals surface area contributed by atoms with Crippen LogP contribution in [-0.4, -0.2) is 24.3 Å². The molecule has 0 spiro atoms. The van der Waals surface area contributed by atoms with Crippen LogP contribution in [0.4, 0.5) is 11.4 Å². The molecular weight excluding hydrogens is 266 g/mol. The molecule has 21 heavy (non-hydrogen) atoms. The number of aliphatic hydroxyl groups is 1. The molecule has 5 nitrogen and oxygen atoms in total. The van der Waals surface area contributed by atoms with Crippen molar-refractivity contribution < 1.29 is 9.90 Å². The number of hydrogen-bond donors (Lipinski definition) is 2. The minimum atomic E-state index is -0.235. The lowest BCUT2D eigenvalue weighted by atomic mass is 10.2. The maximum absolute atomic E-state index is 11.7. The molecule has 0 saturated carbocycles. The predicted molar refractivity (Wildman–Crippen MR) is 87.7 cm³/mol. The summed E-state index contributed by atoms with van der Waals surface area (Å²) >= 11 is 0. The van der Waals surface area contributed by atoms with Gasteiger partial charge in [0, 0.05) is 13.3 Å². The third-order valence-electron chi connectivity index (χ3n) is 2.72. The molecule has 0 aromatic heterocycles. The molecule has 1 rings (SSSR count). The number of hydrogen-bond acceptors (Lipinski definition) is 4. The van der Waals surface area contributed by atoms with Gasteiger partial charge in [0.2, 0.25) is 5.91 Å². The number of aliphatic imine (C=N–C) groups is 1. The lowest BCUT2D eigenvalue weighted by molar-refractivity contribution is -0.113.